The molecule has 0 atom stereocenters. The molecule has 1 amide bonds. The number of carbonyl (C=O) groups is 2. The number of carboxylic acid groups (broad SMARTS) is 1. The van der Waals surface area contributed by atoms with Crippen LogP contribution in [0.3, 0.4) is 0 Å². The zero-order valence-electron chi connectivity index (χ0n) is 12.2. The van der Waals surface area contributed by atoms with Crippen molar-refractivity contribution in [3.63, 3.8) is 0 Å². The molecular formula is C14H22N2O3. The van der Waals surface area contributed by atoms with E-state index in [1.807, 2.05) is 45.4 Å². The Hall–Kier alpha value is -1.78. The Balaban J connectivity index is 3.13. The molecule has 0 aromatic carbocycles. The van der Waals surface area contributed by atoms with Gasteiger partial charge < -0.3 is 14.6 Å². The average molecular weight is 266 g/mol. The van der Waals surface area contributed by atoms with Crippen LogP contribution in [0.2, 0.25) is 0 Å². The molecule has 1 N–H and O–H groups in total. The van der Waals surface area contributed by atoms with Gasteiger partial charge in [0.1, 0.15) is 12.2 Å². The summed E-state index contributed by atoms with van der Waals surface area (Å²) in [5.74, 6) is -1.26. The predicted octanol–water partition coefficient (Wildman–Crippen LogP) is 2.39. The smallest absolute Gasteiger partial charge is 0.323 e. The molecular weight excluding hydrogens is 244 g/mol. The maximum Gasteiger partial charge on any atom is 0.323 e. The highest BCUT2D eigenvalue weighted by Gasteiger charge is 2.30. The van der Waals surface area contributed by atoms with Crippen LogP contribution in [0.1, 0.15) is 51.1 Å². The minimum absolute atomic E-state index is 0.153. The number of rotatable bonds is 4. The first kappa shape index (κ1) is 15.3. The molecule has 106 valence electrons. The monoisotopic (exact) mass is 266 g/mol. The van der Waals surface area contributed by atoms with E-state index in [2.05, 4.69) is 0 Å². The second-order valence-electron chi connectivity index (χ2n) is 5.85. The van der Waals surface area contributed by atoms with Gasteiger partial charge in [-0.1, -0.05) is 0 Å². The summed E-state index contributed by atoms with van der Waals surface area (Å²) in [6.07, 6.45) is 1.83. The number of carbonyl (C=O) groups excluding carboxylic acids is 1. The first-order valence-corrected chi connectivity index (χ1v) is 6.35. The van der Waals surface area contributed by atoms with Gasteiger partial charge in [-0.05, 0) is 46.8 Å². The fourth-order valence-electron chi connectivity index (χ4n) is 1.91. The molecule has 0 radical (unpaired) electrons. The lowest BCUT2D eigenvalue weighted by Gasteiger charge is -2.34. The zero-order valence-corrected chi connectivity index (χ0v) is 12.2. The molecule has 1 heterocycles. The van der Waals surface area contributed by atoms with Gasteiger partial charge in [0.25, 0.3) is 5.91 Å². The summed E-state index contributed by atoms with van der Waals surface area (Å²) in [5, 5.41) is 8.97. The lowest BCUT2D eigenvalue weighted by molar-refractivity contribution is -0.138. The molecule has 5 heteroatoms. The molecule has 0 fully saturated rings. The number of nitrogens with zero attached hydrogens (tertiary/aromatic N) is 2. The third-order valence-corrected chi connectivity index (χ3v) is 2.90. The van der Waals surface area contributed by atoms with Gasteiger partial charge in [0.2, 0.25) is 0 Å². The predicted molar refractivity (Wildman–Crippen MR) is 73.2 cm³/mol. The summed E-state index contributed by atoms with van der Waals surface area (Å²) in [5.41, 5.74) is -0.0205. The number of carboxylic acids is 1. The summed E-state index contributed by atoms with van der Waals surface area (Å²) in [6, 6.07) is 3.68. The molecule has 1 aromatic heterocycles. The van der Waals surface area contributed by atoms with Gasteiger partial charge in [0.05, 0.1) is 0 Å². The van der Waals surface area contributed by atoms with Gasteiger partial charge in [-0.3, -0.25) is 9.59 Å². The second-order valence-corrected chi connectivity index (χ2v) is 5.85. The van der Waals surface area contributed by atoms with Gasteiger partial charge in [-0.25, -0.2) is 0 Å². The van der Waals surface area contributed by atoms with Gasteiger partial charge in [0.15, 0.2) is 0 Å². The lowest BCUT2D eigenvalue weighted by Crippen LogP contribution is -2.48. The van der Waals surface area contributed by atoms with Gasteiger partial charge in [0, 0.05) is 17.8 Å². The summed E-state index contributed by atoms with van der Waals surface area (Å²) in [4.78, 5) is 24.9. The van der Waals surface area contributed by atoms with Crippen LogP contribution in [0, 0.1) is 0 Å². The average Bonchev–Trinajstić information content (AvgIpc) is 2.71. The third-order valence-electron chi connectivity index (χ3n) is 2.90. The molecule has 0 aliphatic heterocycles. The molecule has 5 nitrogen and oxygen atoms in total. The molecule has 0 unspecified atom stereocenters. The Labute approximate surface area is 113 Å². The van der Waals surface area contributed by atoms with E-state index >= 15 is 0 Å². The molecule has 1 aromatic rings. The highest BCUT2D eigenvalue weighted by molar-refractivity contribution is 5.95. The highest BCUT2D eigenvalue weighted by atomic mass is 16.4. The van der Waals surface area contributed by atoms with Crippen LogP contribution in [0.25, 0.3) is 0 Å². The van der Waals surface area contributed by atoms with Crippen LogP contribution in [-0.2, 0) is 4.79 Å². The summed E-state index contributed by atoms with van der Waals surface area (Å²) in [7, 11) is 0. The number of aromatic nitrogens is 1. The van der Waals surface area contributed by atoms with E-state index < -0.39 is 11.5 Å². The van der Waals surface area contributed by atoms with Crippen molar-refractivity contribution >= 4 is 11.9 Å². The standard InChI is InChI=1S/C14H22N2O3/c1-10(2)15-8-6-7-11(15)13(19)16(9-12(17)18)14(3,4)5/h6-8,10H,9H2,1-5H3,(H,17,18). The van der Waals surface area contributed by atoms with E-state index in [0.29, 0.717) is 5.69 Å². The Bertz CT molecular complexity index is 469. The zero-order chi connectivity index (χ0) is 14.8. The Morgan fingerprint density at radius 3 is 2.37 bits per heavy atom. The molecule has 19 heavy (non-hydrogen) atoms. The topological polar surface area (TPSA) is 62.5 Å². The van der Waals surface area contributed by atoms with Gasteiger partial charge in [-0.2, -0.15) is 0 Å². The van der Waals surface area contributed by atoms with Crippen LogP contribution in [0.4, 0.5) is 0 Å². The van der Waals surface area contributed by atoms with E-state index in [0.717, 1.165) is 0 Å². The fourth-order valence-corrected chi connectivity index (χ4v) is 1.91. The minimum Gasteiger partial charge on any atom is -0.480 e. The first-order valence-electron chi connectivity index (χ1n) is 6.35. The van der Waals surface area contributed by atoms with Crippen molar-refractivity contribution in [2.45, 2.75) is 46.2 Å². The van der Waals surface area contributed by atoms with Crippen molar-refractivity contribution in [2.75, 3.05) is 6.54 Å². The van der Waals surface area contributed by atoms with Crippen molar-refractivity contribution < 1.29 is 14.7 Å². The van der Waals surface area contributed by atoms with Crippen molar-refractivity contribution in [3.05, 3.63) is 24.0 Å². The molecule has 0 saturated carbocycles. The highest BCUT2D eigenvalue weighted by Crippen LogP contribution is 2.19. The molecule has 0 spiro atoms. The Morgan fingerprint density at radius 2 is 1.95 bits per heavy atom. The fraction of sp³-hybridized carbons (Fsp3) is 0.571. The van der Waals surface area contributed by atoms with Crippen molar-refractivity contribution in [1.29, 1.82) is 0 Å². The van der Waals surface area contributed by atoms with Crippen molar-refractivity contribution in [2.24, 2.45) is 0 Å². The lowest BCUT2D eigenvalue weighted by atomic mass is 10.1. The number of hydrogen-bond donors (Lipinski definition) is 1. The number of aliphatic carboxylic acids is 1. The van der Waals surface area contributed by atoms with Crippen LogP contribution >= 0.6 is 0 Å². The SMILES string of the molecule is CC(C)n1cccc1C(=O)N(CC(=O)O)C(C)(C)C. The summed E-state index contributed by atoms with van der Waals surface area (Å²) < 4.78 is 1.85. The van der Waals surface area contributed by atoms with Crippen LogP contribution in [-0.4, -0.2) is 38.5 Å². The van der Waals surface area contributed by atoms with E-state index in [1.165, 1.54) is 4.90 Å². The van der Waals surface area contributed by atoms with E-state index in [4.69, 9.17) is 5.11 Å². The van der Waals surface area contributed by atoms with E-state index in [1.54, 1.807) is 12.1 Å². The molecule has 0 aliphatic carbocycles. The Morgan fingerprint density at radius 1 is 1.37 bits per heavy atom. The van der Waals surface area contributed by atoms with Crippen molar-refractivity contribution in [1.82, 2.24) is 9.47 Å². The van der Waals surface area contributed by atoms with Gasteiger partial charge in [-0.15, -0.1) is 0 Å². The number of amides is 1. The van der Waals surface area contributed by atoms with Crippen molar-refractivity contribution in [3.8, 4) is 0 Å². The first-order chi connectivity index (χ1) is 8.64. The van der Waals surface area contributed by atoms with Crippen LogP contribution in [0.15, 0.2) is 18.3 Å². The van der Waals surface area contributed by atoms with Crippen LogP contribution < -0.4 is 0 Å². The molecule has 0 bridgehead atoms. The molecule has 1 rings (SSSR count). The van der Waals surface area contributed by atoms with E-state index in [9.17, 15) is 9.59 Å². The summed E-state index contributed by atoms with van der Waals surface area (Å²) in [6.45, 7) is 9.15. The maximum atomic E-state index is 12.6. The minimum atomic E-state index is -1.01. The second kappa shape index (κ2) is 5.47. The molecule has 0 saturated heterocycles. The molecule has 0 aliphatic rings. The Kier molecular flexibility index (Phi) is 4.39. The summed E-state index contributed by atoms with van der Waals surface area (Å²) >= 11 is 0. The quantitative estimate of drug-likeness (QED) is 0.910. The third kappa shape index (κ3) is 3.59. The van der Waals surface area contributed by atoms with Crippen LogP contribution in [0.5, 0.6) is 0 Å². The largest absolute Gasteiger partial charge is 0.480 e. The maximum absolute atomic E-state index is 12.6. The van der Waals surface area contributed by atoms with Gasteiger partial charge >= 0.3 is 5.97 Å². The normalized spacial score (nSPS) is 11.7. The number of hydrogen-bond acceptors (Lipinski definition) is 2. The van der Waals surface area contributed by atoms with E-state index in [-0.39, 0.29) is 18.5 Å².